The average Bonchev–Trinajstić information content (AvgIpc) is 2.51. The number of methoxy groups -OCH3 is 2. The maximum absolute atomic E-state index is 9.84. The van der Waals surface area contributed by atoms with Gasteiger partial charge in [0.2, 0.25) is 0 Å². The SMILES string of the molecule is CCNC(=NCc1ccc(OC)c(O)c1)NCC(OC)C(C)(C)C. The summed E-state index contributed by atoms with van der Waals surface area (Å²) in [5.41, 5.74) is 0.950. The molecule has 0 bridgehead atoms. The molecule has 0 aliphatic carbocycles. The first-order valence-electron chi connectivity index (χ1n) is 8.22. The van der Waals surface area contributed by atoms with Gasteiger partial charge in [0.1, 0.15) is 0 Å². The lowest BCUT2D eigenvalue weighted by molar-refractivity contribution is 0.0205. The Bertz CT molecular complexity index is 539. The molecule has 0 saturated heterocycles. The molecule has 1 rings (SSSR count). The molecule has 0 saturated carbocycles. The largest absolute Gasteiger partial charge is 0.504 e. The van der Waals surface area contributed by atoms with Crippen LogP contribution < -0.4 is 15.4 Å². The normalized spacial score (nSPS) is 13.5. The molecule has 6 nitrogen and oxygen atoms in total. The van der Waals surface area contributed by atoms with Crippen molar-refractivity contribution in [3.63, 3.8) is 0 Å². The van der Waals surface area contributed by atoms with Gasteiger partial charge in [-0.1, -0.05) is 26.8 Å². The second-order valence-corrected chi connectivity index (χ2v) is 6.67. The Balaban J connectivity index is 2.73. The first-order valence-corrected chi connectivity index (χ1v) is 8.22. The first-order chi connectivity index (χ1) is 11.3. The Morgan fingerprint density at radius 2 is 1.96 bits per heavy atom. The van der Waals surface area contributed by atoms with E-state index in [4.69, 9.17) is 9.47 Å². The molecule has 1 aromatic carbocycles. The number of hydrogen-bond donors (Lipinski definition) is 3. The van der Waals surface area contributed by atoms with Gasteiger partial charge in [-0.25, -0.2) is 4.99 Å². The van der Waals surface area contributed by atoms with E-state index in [9.17, 15) is 5.11 Å². The fraction of sp³-hybridized carbons (Fsp3) is 0.611. The predicted octanol–water partition coefficient (Wildman–Crippen LogP) is 2.52. The molecule has 1 unspecified atom stereocenters. The minimum atomic E-state index is 0.0425. The Hall–Kier alpha value is -1.95. The van der Waals surface area contributed by atoms with E-state index < -0.39 is 0 Å². The van der Waals surface area contributed by atoms with Crippen LogP contribution in [0.2, 0.25) is 0 Å². The van der Waals surface area contributed by atoms with Crippen molar-refractivity contribution in [3.8, 4) is 11.5 Å². The number of hydrogen-bond acceptors (Lipinski definition) is 4. The van der Waals surface area contributed by atoms with Crippen LogP contribution in [0.3, 0.4) is 0 Å². The van der Waals surface area contributed by atoms with Crippen LogP contribution in [0.5, 0.6) is 11.5 Å². The molecule has 136 valence electrons. The molecule has 0 aliphatic rings. The minimum Gasteiger partial charge on any atom is -0.504 e. The number of phenols is 1. The average molecular weight is 337 g/mol. The van der Waals surface area contributed by atoms with E-state index in [0.29, 0.717) is 18.8 Å². The third-order valence-electron chi connectivity index (χ3n) is 3.71. The molecule has 1 atom stereocenters. The second-order valence-electron chi connectivity index (χ2n) is 6.67. The summed E-state index contributed by atoms with van der Waals surface area (Å²) in [6, 6.07) is 5.29. The highest BCUT2D eigenvalue weighted by Gasteiger charge is 2.24. The highest BCUT2D eigenvalue weighted by atomic mass is 16.5. The number of ether oxygens (including phenoxy) is 2. The van der Waals surface area contributed by atoms with E-state index in [2.05, 4.69) is 36.4 Å². The van der Waals surface area contributed by atoms with E-state index in [-0.39, 0.29) is 17.3 Å². The lowest BCUT2D eigenvalue weighted by atomic mass is 9.89. The van der Waals surface area contributed by atoms with Crippen molar-refractivity contribution in [2.45, 2.75) is 40.3 Å². The second kappa shape index (κ2) is 9.37. The molecule has 6 heteroatoms. The van der Waals surface area contributed by atoms with Crippen LogP contribution >= 0.6 is 0 Å². The molecule has 3 N–H and O–H groups in total. The molecule has 24 heavy (non-hydrogen) atoms. The lowest BCUT2D eigenvalue weighted by Gasteiger charge is -2.30. The predicted molar refractivity (Wildman–Crippen MR) is 97.7 cm³/mol. The molecular formula is C18H31N3O3. The highest BCUT2D eigenvalue weighted by Crippen LogP contribution is 2.26. The first kappa shape index (κ1) is 20.1. The molecular weight excluding hydrogens is 306 g/mol. The van der Waals surface area contributed by atoms with Crippen LogP contribution in [0.25, 0.3) is 0 Å². The summed E-state index contributed by atoms with van der Waals surface area (Å²) < 4.78 is 10.6. The van der Waals surface area contributed by atoms with Gasteiger partial charge in [-0.05, 0) is 30.0 Å². The minimum absolute atomic E-state index is 0.0425. The topological polar surface area (TPSA) is 75.1 Å². The summed E-state index contributed by atoms with van der Waals surface area (Å²) in [5, 5.41) is 16.4. The number of phenolic OH excluding ortho intramolecular Hbond substituents is 1. The standard InChI is InChI=1S/C18H31N3O3/c1-7-19-17(21-12-16(24-6)18(2,3)4)20-11-13-8-9-15(23-5)14(22)10-13/h8-10,16,22H,7,11-12H2,1-6H3,(H2,19,20,21). The summed E-state index contributed by atoms with van der Waals surface area (Å²) in [6.07, 6.45) is 0.0754. The Morgan fingerprint density at radius 3 is 2.46 bits per heavy atom. The molecule has 1 aromatic rings. The molecule has 0 fully saturated rings. The monoisotopic (exact) mass is 337 g/mol. The van der Waals surface area contributed by atoms with E-state index in [1.807, 2.05) is 13.0 Å². The van der Waals surface area contributed by atoms with Crippen LogP contribution in [-0.2, 0) is 11.3 Å². The van der Waals surface area contributed by atoms with Crippen LogP contribution in [0, 0.1) is 5.41 Å². The van der Waals surface area contributed by atoms with Gasteiger partial charge in [0.05, 0.1) is 19.8 Å². The molecule has 0 heterocycles. The van der Waals surface area contributed by atoms with Crippen molar-refractivity contribution >= 4 is 5.96 Å². The van der Waals surface area contributed by atoms with Gasteiger partial charge in [-0.15, -0.1) is 0 Å². The van der Waals surface area contributed by atoms with Crippen molar-refractivity contribution < 1.29 is 14.6 Å². The molecule has 0 radical (unpaired) electrons. The van der Waals surface area contributed by atoms with Crippen molar-refractivity contribution in [2.24, 2.45) is 10.4 Å². The third kappa shape index (κ3) is 6.28. The van der Waals surface area contributed by atoms with Crippen LogP contribution in [0.1, 0.15) is 33.3 Å². The van der Waals surface area contributed by atoms with Gasteiger partial charge in [0.15, 0.2) is 17.5 Å². The highest BCUT2D eigenvalue weighted by molar-refractivity contribution is 5.79. The summed E-state index contributed by atoms with van der Waals surface area (Å²) in [6.45, 7) is 10.4. The lowest BCUT2D eigenvalue weighted by Crippen LogP contribution is -2.45. The number of guanidine groups is 1. The van der Waals surface area contributed by atoms with Gasteiger partial charge in [0, 0.05) is 20.2 Å². The maximum Gasteiger partial charge on any atom is 0.191 e. The Labute approximate surface area is 145 Å². The van der Waals surface area contributed by atoms with E-state index in [1.165, 1.54) is 7.11 Å². The Kier molecular flexibility index (Phi) is 7.85. The molecule has 0 spiro atoms. The van der Waals surface area contributed by atoms with Crippen molar-refractivity contribution in [1.29, 1.82) is 0 Å². The van der Waals surface area contributed by atoms with E-state index in [1.54, 1.807) is 19.2 Å². The number of nitrogens with one attached hydrogen (secondary N) is 2. The summed E-state index contributed by atoms with van der Waals surface area (Å²) in [5.74, 6) is 1.30. The third-order valence-corrected chi connectivity index (χ3v) is 3.71. The number of nitrogens with zero attached hydrogens (tertiary/aromatic N) is 1. The summed E-state index contributed by atoms with van der Waals surface area (Å²) in [4.78, 5) is 4.56. The van der Waals surface area contributed by atoms with E-state index in [0.717, 1.165) is 18.1 Å². The van der Waals surface area contributed by atoms with Crippen molar-refractivity contribution in [3.05, 3.63) is 23.8 Å². The van der Waals surface area contributed by atoms with Gasteiger partial charge in [-0.2, -0.15) is 0 Å². The quantitative estimate of drug-likeness (QED) is 0.526. The van der Waals surface area contributed by atoms with Crippen LogP contribution in [0.4, 0.5) is 0 Å². The number of aromatic hydroxyl groups is 1. The Morgan fingerprint density at radius 1 is 1.25 bits per heavy atom. The zero-order chi connectivity index (χ0) is 18.2. The number of benzene rings is 1. The van der Waals surface area contributed by atoms with Gasteiger partial charge >= 0.3 is 0 Å². The van der Waals surface area contributed by atoms with Crippen molar-refractivity contribution in [2.75, 3.05) is 27.3 Å². The molecule has 0 aliphatic heterocycles. The van der Waals surface area contributed by atoms with Crippen LogP contribution in [-0.4, -0.2) is 44.5 Å². The van der Waals surface area contributed by atoms with Gasteiger partial charge < -0.3 is 25.2 Å². The van der Waals surface area contributed by atoms with Gasteiger partial charge in [-0.3, -0.25) is 0 Å². The molecule has 0 amide bonds. The zero-order valence-corrected chi connectivity index (χ0v) is 15.6. The smallest absolute Gasteiger partial charge is 0.191 e. The fourth-order valence-corrected chi connectivity index (χ4v) is 2.28. The van der Waals surface area contributed by atoms with Crippen molar-refractivity contribution in [1.82, 2.24) is 10.6 Å². The fourth-order valence-electron chi connectivity index (χ4n) is 2.28. The number of aliphatic imine (C=N–C) groups is 1. The van der Waals surface area contributed by atoms with E-state index >= 15 is 0 Å². The number of rotatable bonds is 7. The summed E-state index contributed by atoms with van der Waals surface area (Å²) >= 11 is 0. The van der Waals surface area contributed by atoms with Gasteiger partial charge in [0.25, 0.3) is 0 Å². The maximum atomic E-state index is 9.84. The van der Waals surface area contributed by atoms with Crippen LogP contribution in [0.15, 0.2) is 23.2 Å². The molecule has 0 aromatic heterocycles. The summed E-state index contributed by atoms with van der Waals surface area (Å²) in [7, 11) is 3.25. The zero-order valence-electron chi connectivity index (χ0n) is 15.6.